The van der Waals surface area contributed by atoms with Gasteiger partial charge in [-0.1, -0.05) is 24.3 Å². The first-order valence-electron chi connectivity index (χ1n) is 6.00. The predicted molar refractivity (Wildman–Crippen MR) is 74.6 cm³/mol. The Morgan fingerprint density at radius 1 is 1.00 bits per heavy atom. The fourth-order valence-corrected chi connectivity index (χ4v) is 1.83. The van der Waals surface area contributed by atoms with Gasteiger partial charge in [-0.3, -0.25) is 0 Å². The highest BCUT2D eigenvalue weighted by atomic mass is 16.5. The van der Waals surface area contributed by atoms with Crippen LogP contribution in [-0.4, -0.2) is 12.2 Å². The molecule has 0 aliphatic heterocycles. The van der Waals surface area contributed by atoms with Crippen molar-refractivity contribution in [2.45, 2.75) is 13.0 Å². The Morgan fingerprint density at radius 2 is 1.63 bits per heavy atom. The fourth-order valence-electron chi connectivity index (χ4n) is 1.83. The topological polar surface area (TPSA) is 64.7 Å². The third-order valence-corrected chi connectivity index (χ3v) is 2.84. The van der Waals surface area contributed by atoms with E-state index < -0.39 is 6.10 Å². The molecular weight excluding hydrogens is 242 g/mol. The normalized spacial score (nSPS) is 11.9. The molecule has 0 saturated heterocycles. The number of hydrogen-bond donors (Lipinski definition) is 2. The van der Waals surface area contributed by atoms with Gasteiger partial charge in [-0.2, -0.15) is 0 Å². The zero-order valence-electron chi connectivity index (χ0n) is 11.0. The summed E-state index contributed by atoms with van der Waals surface area (Å²) in [5.74, 6) is 1.65. The Hall–Kier alpha value is -2.20. The molecule has 0 bridgehead atoms. The lowest BCUT2D eigenvalue weighted by molar-refractivity contribution is 0.195. The predicted octanol–water partition coefficient (Wildman–Crippen LogP) is 3.12. The highest BCUT2D eigenvalue weighted by molar-refractivity contribution is 5.63. The number of rotatable bonds is 4. The zero-order chi connectivity index (χ0) is 13.8. The van der Waals surface area contributed by atoms with E-state index in [1.165, 1.54) is 0 Å². The first kappa shape index (κ1) is 13.2. The summed E-state index contributed by atoms with van der Waals surface area (Å²) in [5, 5.41) is 9.72. The number of aliphatic hydroxyl groups excluding tert-OH is 1. The third-order valence-electron chi connectivity index (χ3n) is 2.84. The second kappa shape index (κ2) is 5.63. The molecule has 4 nitrogen and oxygen atoms in total. The minimum atomic E-state index is -0.608. The molecule has 0 radical (unpaired) electrons. The molecule has 0 amide bonds. The summed E-state index contributed by atoms with van der Waals surface area (Å²) in [4.78, 5) is 0. The molecule has 3 N–H and O–H groups in total. The Morgan fingerprint density at radius 3 is 2.32 bits per heavy atom. The van der Waals surface area contributed by atoms with E-state index in [0.29, 0.717) is 28.5 Å². The minimum absolute atomic E-state index is 0.436. The molecule has 19 heavy (non-hydrogen) atoms. The fraction of sp³-hybridized carbons (Fsp3) is 0.200. The number of nitrogens with two attached hydrogens (primary N) is 1. The summed E-state index contributed by atoms with van der Waals surface area (Å²) >= 11 is 0. The van der Waals surface area contributed by atoms with Crippen molar-refractivity contribution in [3.8, 4) is 17.2 Å². The van der Waals surface area contributed by atoms with Crippen LogP contribution in [0.3, 0.4) is 0 Å². The molecule has 0 heterocycles. The van der Waals surface area contributed by atoms with Gasteiger partial charge < -0.3 is 20.3 Å². The molecular formula is C15H17NO3. The lowest BCUT2D eigenvalue weighted by Gasteiger charge is -2.15. The van der Waals surface area contributed by atoms with E-state index in [4.69, 9.17) is 15.2 Å². The third kappa shape index (κ3) is 2.80. The van der Waals surface area contributed by atoms with Crippen LogP contribution in [0, 0.1) is 0 Å². The first-order valence-corrected chi connectivity index (χ1v) is 6.00. The van der Waals surface area contributed by atoms with Gasteiger partial charge in [0.1, 0.15) is 17.2 Å². The van der Waals surface area contributed by atoms with Gasteiger partial charge in [-0.25, -0.2) is 0 Å². The molecule has 1 atom stereocenters. The van der Waals surface area contributed by atoms with Crippen molar-refractivity contribution in [3.05, 3.63) is 48.0 Å². The molecule has 0 aromatic heterocycles. The van der Waals surface area contributed by atoms with Gasteiger partial charge in [-0.15, -0.1) is 0 Å². The Kier molecular flexibility index (Phi) is 3.92. The number of benzene rings is 2. The van der Waals surface area contributed by atoms with Crippen molar-refractivity contribution in [1.82, 2.24) is 0 Å². The number of ether oxygens (including phenoxy) is 2. The Balaban J connectivity index is 2.37. The highest BCUT2D eigenvalue weighted by Gasteiger charge is 2.12. The average Bonchev–Trinajstić information content (AvgIpc) is 2.41. The Labute approximate surface area is 112 Å². The van der Waals surface area contributed by atoms with Crippen LogP contribution in [0.15, 0.2) is 42.5 Å². The second-order valence-corrected chi connectivity index (χ2v) is 4.19. The molecule has 2 rings (SSSR count). The van der Waals surface area contributed by atoms with Gasteiger partial charge in [0.05, 0.1) is 13.2 Å². The molecule has 0 saturated carbocycles. The molecule has 0 aliphatic carbocycles. The molecule has 0 spiro atoms. The summed E-state index contributed by atoms with van der Waals surface area (Å²) in [6, 6.07) is 12.6. The standard InChI is InChI=1S/C15H17NO3/c1-10(17)11-6-3-4-7-12(11)19-14-9-5-8-13(18-2)15(14)16/h3-10,17H,16H2,1-2H3. The molecule has 100 valence electrons. The van der Waals surface area contributed by atoms with E-state index in [2.05, 4.69) is 0 Å². The molecule has 0 fully saturated rings. The van der Waals surface area contributed by atoms with Gasteiger partial charge in [0.25, 0.3) is 0 Å². The summed E-state index contributed by atoms with van der Waals surface area (Å²) in [6.07, 6.45) is -0.608. The average molecular weight is 259 g/mol. The van der Waals surface area contributed by atoms with Crippen LogP contribution in [0.25, 0.3) is 0 Å². The maximum absolute atomic E-state index is 9.72. The minimum Gasteiger partial charge on any atom is -0.494 e. The van der Waals surface area contributed by atoms with Crippen molar-refractivity contribution < 1.29 is 14.6 Å². The van der Waals surface area contributed by atoms with Crippen LogP contribution in [0.4, 0.5) is 5.69 Å². The Bertz CT molecular complexity index is 567. The largest absolute Gasteiger partial charge is 0.494 e. The monoisotopic (exact) mass is 259 g/mol. The van der Waals surface area contributed by atoms with E-state index in [-0.39, 0.29) is 0 Å². The van der Waals surface area contributed by atoms with E-state index in [9.17, 15) is 5.11 Å². The van der Waals surface area contributed by atoms with Crippen LogP contribution >= 0.6 is 0 Å². The van der Waals surface area contributed by atoms with Crippen LogP contribution in [-0.2, 0) is 0 Å². The number of methoxy groups -OCH3 is 1. The lowest BCUT2D eigenvalue weighted by Crippen LogP contribution is -1.99. The summed E-state index contributed by atoms with van der Waals surface area (Å²) < 4.78 is 10.9. The highest BCUT2D eigenvalue weighted by Crippen LogP contribution is 2.36. The maximum atomic E-state index is 9.72. The van der Waals surface area contributed by atoms with Gasteiger partial charge in [-0.05, 0) is 25.1 Å². The van der Waals surface area contributed by atoms with E-state index in [0.717, 1.165) is 0 Å². The molecule has 1 unspecified atom stereocenters. The summed E-state index contributed by atoms with van der Waals surface area (Å²) in [5.41, 5.74) is 7.10. The number of nitrogen functional groups attached to an aromatic ring is 1. The van der Waals surface area contributed by atoms with E-state index >= 15 is 0 Å². The molecule has 2 aromatic rings. The van der Waals surface area contributed by atoms with Gasteiger partial charge in [0, 0.05) is 5.56 Å². The van der Waals surface area contributed by atoms with Crippen molar-refractivity contribution in [2.24, 2.45) is 0 Å². The van der Waals surface area contributed by atoms with E-state index in [1.54, 1.807) is 38.3 Å². The van der Waals surface area contributed by atoms with Gasteiger partial charge in [0.2, 0.25) is 0 Å². The van der Waals surface area contributed by atoms with Crippen LogP contribution in [0.2, 0.25) is 0 Å². The smallest absolute Gasteiger partial charge is 0.154 e. The second-order valence-electron chi connectivity index (χ2n) is 4.19. The van der Waals surface area contributed by atoms with Crippen molar-refractivity contribution >= 4 is 5.69 Å². The number of anilines is 1. The molecule has 4 heteroatoms. The number of hydrogen-bond acceptors (Lipinski definition) is 4. The van der Waals surface area contributed by atoms with Crippen LogP contribution < -0.4 is 15.2 Å². The van der Waals surface area contributed by atoms with Crippen molar-refractivity contribution in [3.63, 3.8) is 0 Å². The van der Waals surface area contributed by atoms with Crippen LogP contribution in [0.5, 0.6) is 17.2 Å². The molecule has 0 aliphatic rings. The maximum Gasteiger partial charge on any atom is 0.154 e. The lowest BCUT2D eigenvalue weighted by atomic mass is 10.1. The first-order chi connectivity index (χ1) is 9.13. The van der Waals surface area contributed by atoms with E-state index in [1.807, 2.05) is 18.2 Å². The molecule has 2 aromatic carbocycles. The quantitative estimate of drug-likeness (QED) is 0.828. The zero-order valence-corrected chi connectivity index (χ0v) is 11.0. The number of para-hydroxylation sites is 2. The SMILES string of the molecule is COc1cccc(Oc2ccccc2C(C)O)c1N. The van der Waals surface area contributed by atoms with Crippen molar-refractivity contribution in [1.29, 1.82) is 0 Å². The van der Waals surface area contributed by atoms with Gasteiger partial charge in [0.15, 0.2) is 5.75 Å². The number of aliphatic hydroxyl groups is 1. The summed E-state index contributed by atoms with van der Waals surface area (Å²) in [7, 11) is 1.55. The van der Waals surface area contributed by atoms with Crippen molar-refractivity contribution in [2.75, 3.05) is 12.8 Å². The van der Waals surface area contributed by atoms with Crippen LogP contribution in [0.1, 0.15) is 18.6 Å². The summed E-state index contributed by atoms with van der Waals surface area (Å²) in [6.45, 7) is 1.69. The van der Waals surface area contributed by atoms with Gasteiger partial charge >= 0.3 is 0 Å².